The number of carbonyl (C=O) groups excluding carboxylic acids is 1. The van der Waals surface area contributed by atoms with Crippen molar-refractivity contribution in [2.75, 3.05) is 13.1 Å². The van der Waals surface area contributed by atoms with Gasteiger partial charge in [0, 0.05) is 11.5 Å². The number of aliphatic hydroxyl groups is 1. The molecule has 0 bridgehead atoms. The summed E-state index contributed by atoms with van der Waals surface area (Å²) in [4.78, 5) is 12.2. The Morgan fingerprint density at radius 3 is 2.59 bits per heavy atom. The summed E-state index contributed by atoms with van der Waals surface area (Å²) in [5, 5.41) is 15.6. The number of azide groups is 1. The number of ether oxygens (including phenoxy) is 1. The van der Waals surface area contributed by atoms with E-state index in [4.69, 9.17) is 5.53 Å². The van der Waals surface area contributed by atoms with Gasteiger partial charge < -0.3 is 15.2 Å². The summed E-state index contributed by atoms with van der Waals surface area (Å²) in [5.41, 5.74) is 7.75. The third-order valence-corrected chi connectivity index (χ3v) is 2.02. The molecule has 2 N–H and O–H groups in total. The van der Waals surface area contributed by atoms with E-state index in [0.29, 0.717) is 13.0 Å². The zero-order chi connectivity index (χ0) is 13.3. The Balaban J connectivity index is 0.000000325. The van der Waals surface area contributed by atoms with E-state index in [-0.39, 0.29) is 11.6 Å². The molecule has 1 heterocycles. The van der Waals surface area contributed by atoms with Gasteiger partial charge in [-0.2, -0.15) is 0 Å². The summed E-state index contributed by atoms with van der Waals surface area (Å²) in [5.74, 6) is 0. The van der Waals surface area contributed by atoms with Gasteiger partial charge in [0.25, 0.3) is 6.47 Å². The molecule has 1 saturated heterocycles. The number of hydrogen-bond donors (Lipinski definition) is 2. The number of rotatable bonds is 2. The van der Waals surface area contributed by atoms with Gasteiger partial charge in [0.15, 0.2) is 0 Å². The van der Waals surface area contributed by atoms with E-state index in [9.17, 15) is 9.90 Å². The van der Waals surface area contributed by atoms with Crippen molar-refractivity contribution in [2.24, 2.45) is 5.11 Å². The maximum absolute atomic E-state index is 9.60. The SMILES string of the molecule is CC(C)(C)OC=O.[N-]=[N+]=N[C@@H]1CCNC[C@H]1O. The third kappa shape index (κ3) is 8.50. The normalized spacial score (nSPS) is 23.8. The first-order chi connectivity index (χ1) is 7.90. The monoisotopic (exact) mass is 244 g/mol. The Labute approximate surface area is 101 Å². The number of piperidine rings is 1. The summed E-state index contributed by atoms with van der Waals surface area (Å²) in [7, 11) is 0. The van der Waals surface area contributed by atoms with E-state index in [2.05, 4.69) is 20.1 Å². The van der Waals surface area contributed by atoms with Crippen LogP contribution in [-0.4, -0.2) is 42.4 Å². The molecule has 1 aliphatic heterocycles. The van der Waals surface area contributed by atoms with Crippen LogP contribution < -0.4 is 5.32 Å². The molecule has 0 aromatic heterocycles. The van der Waals surface area contributed by atoms with Gasteiger partial charge in [-0.3, -0.25) is 4.79 Å². The van der Waals surface area contributed by atoms with Gasteiger partial charge in [0.05, 0.1) is 12.1 Å². The van der Waals surface area contributed by atoms with Crippen molar-refractivity contribution in [1.82, 2.24) is 5.32 Å². The van der Waals surface area contributed by atoms with E-state index in [1.165, 1.54) is 0 Å². The summed E-state index contributed by atoms with van der Waals surface area (Å²) in [6.45, 7) is 7.27. The van der Waals surface area contributed by atoms with Gasteiger partial charge in [-0.05, 0) is 39.3 Å². The van der Waals surface area contributed by atoms with Crippen LogP contribution >= 0.6 is 0 Å². The van der Waals surface area contributed by atoms with E-state index >= 15 is 0 Å². The fourth-order valence-electron chi connectivity index (χ4n) is 1.17. The van der Waals surface area contributed by atoms with Crippen molar-refractivity contribution >= 4 is 6.47 Å². The molecule has 7 nitrogen and oxygen atoms in total. The molecule has 0 spiro atoms. The summed E-state index contributed by atoms with van der Waals surface area (Å²) in [6.07, 6.45) is 0.218. The lowest BCUT2D eigenvalue weighted by molar-refractivity contribution is -0.138. The molecule has 0 aromatic carbocycles. The number of nitrogens with one attached hydrogen (secondary N) is 1. The molecule has 1 rings (SSSR count). The second-order valence-electron chi connectivity index (χ2n) is 4.66. The fourth-order valence-corrected chi connectivity index (χ4v) is 1.17. The maximum Gasteiger partial charge on any atom is 0.293 e. The Bertz CT molecular complexity index is 271. The van der Waals surface area contributed by atoms with Gasteiger partial charge in [-0.15, -0.1) is 0 Å². The minimum absolute atomic E-state index is 0.230. The smallest absolute Gasteiger partial charge is 0.293 e. The first kappa shape index (κ1) is 15.7. The Kier molecular flexibility index (Phi) is 7.29. The minimum atomic E-state index is -0.510. The van der Waals surface area contributed by atoms with E-state index in [0.717, 1.165) is 13.0 Å². The van der Waals surface area contributed by atoms with Crippen LogP contribution in [0.3, 0.4) is 0 Å². The van der Waals surface area contributed by atoms with Crippen molar-refractivity contribution in [3.8, 4) is 0 Å². The highest BCUT2D eigenvalue weighted by molar-refractivity contribution is 5.37. The molecule has 0 aromatic rings. The van der Waals surface area contributed by atoms with Gasteiger partial charge >= 0.3 is 0 Å². The van der Waals surface area contributed by atoms with Gasteiger partial charge in [-0.25, -0.2) is 0 Å². The number of β-amino-alcohol motifs (C(OH)–C–C–N with tert-alkyl or cyclic N) is 1. The van der Waals surface area contributed by atoms with Crippen LogP contribution in [0.5, 0.6) is 0 Å². The molecule has 0 saturated carbocycles. The molecule has 0 aliphatic carbocycles. The third-order valence-electron chi connectivity index (χ3n) is 2.02. The van der Waals surface area contributed by atoms with Crippen LogP contribution in [0.2, 0.25) is 0 Å². The van der Waals surface area contributed by atoms with Crippen LogP contribution in [0.15, 0.2) is 5.11 Å². The summed E-state index contributed by atoms with van der Waals surface area (Å²) < 4.78 is 4.55. The molecule has 1 fully saturated rings. The number of carbonyl (C=O) groups is 1. The highest BCUT2D eigenvalue weighted by Gasteiger charge is 2.20. The predicted molar refractivity (Wildman–Crippen MR) is 63.3 cm³/mol. The average molecular weight is 244 g/mol. The van der Waals surface area contributed by atoms with Crippen molar-refractivity contribution < 1.29 is 14.6 Å². The first-order valence-corrected chi connectivity index (χ1v) is 5.45. The second-order valence-corrected chi connectivity index (χ2v) is 4.66. The molecular weight excluding hydrogens is 224 g/mol. The number of aliphatic hydroxyl groups excluding tert-OH is 1. The Morgan fingerprint density at radius 2 is 2.24 bits per heavy atom. The highest BCUT2D eigenvalue weighted by Crippen LogP contribution is 2.07. The lowest BCUT2D eigenvalue weighted by Crippen LogP contribution is -2.42. The molecule has 0 amide bonds. The number of hydrogen-bond acceptors (Lipinski definition) is 5. The van der Waals surface area contributed by atoms with E-state index in [1.54, 1.807) is 0 Å². The number of nitrogens with zero attached hydrogens (tertiary/aromatic N) is 3. The van der Waals surface area contributed by atoms with Crippen LogP contribution in [0.25, 0.3) is 10.4 Å². The fraction of sp³-hybridized carbons (Fsp3) is 0.900. The molecule has 7 heteroatoms. The van der Waals surface area contributed by atoms with Crippen LogP contribution in [0.4, 0.5) is 0 Å². The zero-order valence-corrected chi connectivity index (χ0v) is 10.5. The van der Waals surface area contributed by atoms with E-state index in [1.807, 2.05) is 20.8 Å². The van der Waals surface area contributed by atoms with Crippen molar-refractivity contribution in [1.29, 1.82) is 0 Å². The average Bonchev–Trinajstić information content (AvgIpc) is 2.21. The van der Waals surface area contributed by atoms with Gasteiger partial charge in [0.2, 0.25) is 0 Å². The largest absolute Gasteiger partial charge is 0.462 e. The van der Waals surface area contributed by atoms with Crippen molar-refractivity contribution in [3.05, 3.63) is 10.4 Å². The standard InChI is InChI=1S/C5H10N4O.C5H10O2/c6-9-8-4-1-2-7-3-5(4)10;1-5(2,3)7-4-6/h4-5,7,10H,1-3H2;4H,1-3H3/t4-,5-;/m1./s1. The van der Waals surface area contributed by atoms with Gasteiger partial charge in [-0.1, -0.05) is 5.11 Å². The summed E-state index contributed by atoms with van der Waals surface area (Å²) >= 11 is 0. The van der Waals surface area contributed by atoms with Crippen molar-refractivity contribution in [3.63, 3.8) is 0 Å². The lowest BCUT2D eigenvalue weighted by Gasteiger charge is -2.23. The molecule has 17 heavy (non-hydrogen) atoms. The molecular formula is C10H20N4O3. The second kappa shape index (κ2) is 7.89. The molecule has 0 unspecified atom stereocenters. The molecule has 2 atom stereocenters. The first-order valence-electron chi connectivity index (χ1n) is 5.45. The predicted octanol–water partition coefficient (Wildman–Crippen LogP) is 0.977. The minimum Gasteiger partial charge on any atom is -0.462 e. The van der Waals surface area contributed by atoms with E-state index < -0.39 is 6.10 Å². The van der Waals surface area contributed by atoms with Crippen LogP contribution in [-0.2, 0) is 9.53 Å². The highest BCUT2D eigenvalue weighted by atomic mass is 16.5. The topological polar surface area (TPSA) is 107 Å². The quantitative estimate of drug-likeness (QED) is 0.326. The zero-order valence-electron chi connectivity index (χ0n) is 10.5. The Hall–Kier alpha value is -1.30. The molecule has 98 valence electrons. The maximum atomic E-state index is 9.60. The van der Waals surface area contributed by atoms with Crippen LogP contribution in [0, 0.1) is 0 Å². The van der Waals surface area contributed by atoms with Gasteiger partial charge in [0.1, 0.15) is 5.60 Å². The summed E-state index contributed by atoms with van der Waals surface area (Å²) in [6, 6.07) is -0.230. The molecule has 1 aliphatic rings. The van der Waals surface area contributed by atoms with Crippen LogP contribution in [0.1, 0.15) is 27.2 Å². The Morgan fingerprint density at radius 1 is 1.59 bits per heavy atom. The lowest BCUT2D eigenvalue weighted by atomic mass is 10.1. The molecule has 0 radical (unpaired) electrons. The van der Waals surface area contributed by atoms with Crippen molar-refractivity contribution in [2.45, 2.75) is 44.9 Å².